The Balaban J connectivity index is 2.13. The van der Waals surface area contributed by atoms with Crippen LogP contribution < -0.4 is 5.73 Å². The minimum absolute atomic E-state index is 0.0934. The van der Waals surface area contributed by atoms with Gasteiger partial charge in [-0.15, -0.1) is 11.3 Å². The fourth-order valence-electron chi connectivity index (χ4n) is 3.11. The molecule has 1 aromatic rings. The van der Waals surface area contributed by atoms with Crippen LogP contribution in [0, 0.1) is 11.3 Å². The first-order valence-corrected chi connectivity index (χ1v) is 8.21. The smallest absolute Gasteiger partial charge is 0.326 e. The van der Waals surface area contributed by atoms with Crippen molar-refractivity contribution in [2.24, 2.45) is 17.1 Å². The quantitative estimate of drug-likeness (QED) is 0.838. The third-order valence-corrected chi connectivity index (χ3v) is 5.71. The first-order valence-electron chi connectivity index (χ1n) is 7.39. The lowest BCUT2D eigenvalue weighted by Crippen LogP contribution is -2.25. The molecule has 1 aromatic heterocycles. The maximum absolute atomic E-state index is 12.9. The van der Waals surface area contributed by atoms with Crippen molar-refractivity contribution in [2.45, 2.75) is 65.1 Å². The van der Waals surface area contributed by atoms with Gasteiger partial charge in [0.1, 0.15) is 0 Å². The monoisotopic (exact) mass is 320 g/mol. The van der Waals surface area contributed by atoms with E-state index in [0.717, 1.165) is 37.0 Å². The van der Waals surface area contributed by atoms with Crippen LogP contribution in [0.25, 0.3) is 0 Å². The van der Waals surface area contributed by atoms with E-state index in [-0.39, 0.29) is 22.8 Å². The van der Waals surface area contributed by atoms with E-state index in [2.05, 4.69) is 25.8 Å². The summed E-state index contributed by atoms with van der Waals surface area (Å²) in [4.78, 5) is 4.04. The van der Waals surface area contributed by atoms with Gasteiger partial charge < -0.3 is 5.73 Å². The zero-order chi connectivity index (χ0) is 15.8. The van der Waals surface area contributed by atoms with Gasteiger partial charge in [-0.3, -0.25) is 0 Å². The van der Waals surface area contributed by atoms with Gasteiger partial charge in [-0.25, -0.2) is 4.98 Å². The van der Waals surface area contributed by atoms with Crippen LogP contribution >= 0.6 is 11.3 Å². The van der Waals surface area contributed by atoms with Crippen LogP contribution in [0.2, 0.25) is 0 Å². The predicted octanol–water partition coefficient (Wildman–Crippen LogP) is 4.94. The summed E-state index contributed by atoms with van der Waals surface area (Å²) in [5.41, 5.74) is 4.94. The molecule has 1 fully saturated rings. The first kappa shape index (κ1) is 16.7. The molecule has 2 N–H and O–H groups in total. The van der Waals surface area contributed by atoms with Crippen molar-refractivity contribution >= 4 is 11.3 Å². The molecule has 2 rings (SSSR count). The summed E-state index contributed by atoms with van der Waals surface area (Å²) in [6.07, 6.45) is -0.417. The molecule has 21 heavy (non-hydrogen) atoms. The second kappa shape index (κ2) is 5.88. The van der Waals surface area contributed by atoms with E-state index in [9.17, 15) is 13.2 Å². The molecule has 0 aromatic carbocycles. The largest absolute Gasteiger partial charge is 0.434 e. The van der Waals surface area contributed by atoms with Gasteiger partial charge in [-0.2, -0.15) is 13.2 Å². The molecule has 0 saturated heterocycles. The van der Waals surface area contributed by atoms with Crippen LogP contribution in [-0.2, 0) is 12.7 Å². The van der Waals surface area contributed by atoms with Crippen LogP contribution in [0.15, 0.2) is 0 Å². The fraction of sp³-hybridized carbons (Fsp3) is 0.800. The molecule has 0 aliphatic heterocycles. The van der Waals surface area contributed by atoms with Gasteiger partial charge in [0.25, 0.3) is 0 Å². The van der Waals surface area contributed by atoms with E-state index in [4.69, 9.17) is 5.73 Å². The second-order valence-electron chi connectivity index (χ2n) is 6.94. The van der Waals surface area contributed by atoms with Crippen molar-refractivity contribution < 1.29 is 13.2 Å². The number of alkyl halides is 3. The molecule has 1 aliphatic rings. The molecule has 0 spiro atoms. The molecule has 0 atom stereocenters. The third kappa shape index (κ3) is 3.77. The van der Waals surface area contributed by atoms with E-state index in [1.165, 1.54) is 0 Å². The molecular formula is C15H23F3N2S. The Hall–Kier alpha value is -0.620. The Kier molecular flexibility index (Phi) is 4.69. The van der Waals surface area contributed by atoms with Gasteiger partial charge in [0.2, 0.25) is 0 Å². The summed E-state index contributed by atoms with van der Waals surface area (Å²) in [5.74, 6) is 0.805. The normalized spacial score (nSPS) is 24.3. The van der Waals surface area contributed by atoms with Gasteiger partial charge in [0.05, 0.1) is 9.88 Å². The number of aromatic nitrogens is 1. The average Bonchev–Trinajstić information content (AvgIpc) is 2.82. The summed E-state index contributed by atoms with van der Waals surface area (Å²) in [7, 11) is 0. The Labute approximate surface area is 128 Å². The van der Waals surface area contributed by atoms with Gasteiger partial charge in [0.15, 0.2) is 5.69 Å². The van der Waals surface area contributed by atoms with E-state index in [0.29, 0.717) is 10.9 Å². The second-order valence-corrected chi connectivity index (χ2v) is 8.06. The van der Waals surface area contributed by atoms with E-state index < -0.39 is 11.9 Å². The van der Waals surface area contributed by atoms with Crippen molar-refractivity contribution in [3.05, 3.63) is 15.6 Å². The average molecular weight is 320 g/mol. The number of rotatable bonds is 2. The maximum atomic E-state index is 12.9. The summed E-state index contributed by atoms with van der Waals surface area (Å²) >= 11 is 1.15. The van der Waals surface area contributed by atoms with Crippen molar-refractivity contribution in [2.75, 3.05) is 0 Å². The lowest BCUT2D eigenvalue weighted by Gasteiger charge is -2.36. The Morgan fingerprint density at radius 3 is 2.10 bits per heavy atom. The number of thiazole rings is 1. The number of nitrogens with two attached hydrogens (primary N) is 1. The highest BCUT2D eigenvalue weighted by atomic mass is 32.1. The summed E-state index contributed by atoms with van der Waals surface area (Å²) < 4.78 is 38.8. The third-order valence-electron chi connectivity index (χ3n) is 4.47. The number of halogens is 3. The number of nitrogens with zero attached hydrogens (tertiary/aromatic N) is 1. The highest BCUT2D eigenvalue weighted by molar-refractivity contribution is 7.11. The Morgan fingerprint density at radius 1 is 1.14 bits per heavy atom. The van der Waals surface area contributed by atoms with Crippen LogP contribution in [-0.4, -0.2) is 4.98 Å². The lowest BCUT2D eigenvalue weighted by atomic mass is 9.70. The minimum atomic E-state index is -4.40. The van der Waals surface area contributed by atoms with Crippen LogP contribution in [0.5, 0.6) is 0 Å². The summed E-state index contributed by atoms with van der Waals surface area (Å²) in [6, 6.07) is 0. The maximum Gasteiger partial charge on any atom is 0.434 e. The topological polar surface area (TPSA) is 38.9 Å². The van der Waals surface area contributed by atoms with Gasteiger partial charge in [-0.1, -0.05) is 20.8 Å². The molecule has 1 aliphatic carbocycles. The molecule has 1 heterocycles. The van der Waals surface area contributed by atoms with Crippen molar-refractivity contribution in [3.8, 4) is 0 Å². The van der Waals surface area contributed by atoms with E-state index in [1.807, 2.05) is 0 Å². The minimum Gasteiger partial charge on any atom is -0.326 e. The van der Waals surface area contributed by atoms with Crippen molar-refractivity contribution in [1.82, 2.24) is 4.98 Å². The molecule has 0 unspecified atom stereocenters. The molecule has 0 radical (unpaired) electrons. The zero-order valence-electron chi connectivity index (χ0n) is 12.8. The summed E-state index contributed by atoms with van der Waals surface area (Å²) in [6.45, 7) is 6.60. The van der Waals surface area contributed by atoms with Gasteiger partial charge >= 0.3 is 6.18 Å². The zero-order valence-corrected chi connectivity index (χ0v) is 13.6. The van der Waals surface area contributed by atoms with Gasteiger partial charge in [0, 0.05) is 12.5 Å². The van der Waals surface area contributed by atoms with E-state index >= 15 is 0 Å². The number of hydrogen-bond acceptors (Lipinski definition) is 3. The fourth-order valence-corrected chi connectivity index (χ4v) is 4.24. The molecular weight excluding hydrogens is 297 g/mol. The molecule has 120 valence electrons. The molecule has 0 bridgehead atoms. The number of hydrogen-bond donors (Lipinski definition) is 1. The Bertz CT molecular complexity index is 480. The van der Waals surface area contributed by atoms with Crippen LogP contribution in [0.4, 0.5) is 13.2 Å². The predicted molar refractivity (Wildman–Crippen MR) is 79.2 cm³/mol. The first-order chi connectivity index (χ1) is 9.63. The van der Waals surface area contributed by atoms with Crippen LogP contribution in [0.3, 0.4) is 0 Å². The molecule has 2 nitrogen and oxygen atoms in total. The molecule has 6 heteroatoms. The van der Waals surface area contributed by atoms with Crippen molar-refractivity contribution in [1.29, 1.82) is 0 Å². The van der Waals surface area contributed by atoms with Crippen molar-refractivity contribution in [3.63, 3.8) is 0 Å². The molecule has 0 amide bonds. The summed E-state index contributed by atoms with van der Waals surface area (Å²) in [5, 5.41) is 0.620. The van der Waals surface area contributed by atoms with Crippen LogP contribution in [0.1, 0.15) is 68.0 Å². The highest BCUT2D eigenvalue weighted by Gasteiger charge is 2.38. The van der Waals surface area contributed by atoms with Gasteiger partial charge in [-0.05, 0) is 37.0 Å². The SMILES string of the molecule is CC(C)(C)C1CCC(c2nc(C(F)(F)F)c(CN)s2)CC1. The molecule has 1 saturated carbocycles. The van der Waals surface area contributed by atoms with E-state index in [1.54, 1.807) is 0 Å². The lowest BCUT2D eigenvalue weighted by molar-refractivity contribution is -0.141. The highest BCUT2D eigenvalue weighted by Crippen LogP contribution is 2.45. The standard InChI is InChI=1S/C15H23F3N2S/c1-14(2,3)10-6-4-9(5-7-10)13-20-12(15(16,17)18)11(8-19)21-13/h9-10H,4-8,19H2,1-3H3. The Morgan fingerprint density at radius 2 is 1.71 bits per heavy atom.